The van der Waals surface area contributed by atoms with Gasteiger partial charge in [-0.05, 0) is 67.2 Å². The SMILES string of the molecule is CCOC(=O)c1ccc(OCC(=O)NNC(=S)NC(=O)C=Cc2ccc(OC)c(OC)c2)cc1. The molecule has 10 nitrogen and oxygen atoms in total. The molecule has 0 radical (unpaired) electrons. The number of benzene rings is 2. The molecule has 0 heterocycles. The monoisotopic (exact) mass is 487 g/mol. The van der Waals surface area contributed by atoms with E-state index >= 15 is 0 Å². The van der Waals surface area contributed by atoms with Crippen LogP contribution in [0.1, 0.15) is 22.8 Å². The number of thiocarbonyl (C=S) groups is 1. The molecule has 0 aliphatic carbocycles. The second-order valence-electron chi connectivity index (χ2n) is 6.47. The largest absolute Gasteiger partial charge is 0.493 e. The van der Waals surface area contributed by atoms with Crippen LogP contribution >= 0.6 is 12.2 Å². The second-order valence-corrected chi connectivity index (χ2v) is 6.88. The maximum absolute atomic E-state index is 12.0. The van der Waals surface area contributed by atoms with E-state index in [0.717, 1.165) is 0 Å². The molecule has 3 N–H and O–H groups in total. The smallest absolute Gasteiger partial charge is 0.338 e. The fourth-order valence-electron chi connectivity index (χ4n) is 2.53. The summed E-state index contributed by atoms with van der Waals surface area (Å²) < 4.78 is 20.6. The number of methoxy groups -OCH3 is 2. The molecule has 2 amide bonds. The Kier molecular flexibility index (Phi) is 10.3. The van der Waals surface area contributed by atoms with Crippen molar-refractivity contribution in [1.82, 2.24) is 16.2 Å². The van der Waals surface area contributed by atoms with Gasteiger partial charge < -0.3 is 18.9 Å². The molecule has 2 aromatic rings. The third-order valence-electron chi connectivity index (χ3n) is 4.12. The number of hydrogen-bond acceptors (Lipinski definition) is 8. The normalized spacial score (nSPS) is 10.2. The van der Waals surface area contributed by atoms with Crippen LogP contribution in [0.4, 0.5) is 0 Å². The van der Waals surface area contributed by atoms with Crippen LogP contribution in [0.15, 0.2) is 48.5 Å². The van der Waals surface area contributed by atoms with Gasteiger partial charge in [-0.3, -0.25) is 25.8 Å². The number of carbonyl (C=O) groups excluding carboxylic acids is 3. The van der Waals surface area contributed by atoms with Crippen molar-refractivity contribution in [3.05, 3.63) is 59.7 Å². The van der Waals surface area contributed by atoms with E-state index in [0.29, 0.717) is 28.4 Å². The molecule has 0 saturated carbocycles. The van der Waals surface area contributed by atoms with E-state index in [1.807, 2.05) is 0 Å². The van der Waals surface area contributed by atoms with Crippen molar-refractivity contribution >= 4 is 41.2 Å². The molecule has 0 aliphatic heterocycles. The molecule has 0 aliphatic rings. The maximum Gasteiger partial charge on any atom is 0.338 e. The summed E-state index contributed by atoms with van der Waals surface area (Å²) in [4.78, 5) is 35.6. The average Bonchev–Trinajstić information content (AvgIpc) is 2.85. The minimum atomic E-state index is -0.535. The van der Waals surface area contributed by atoms with Gasteiger partial charge in [0, 0.05) is 6.08 Å². The highest BCUT2D eigenvalue weighted by atomic mass is 32.1. The van der Waals surface area contributed by atoms with Crippen molar-refractivity contribution in [3.63, 3.8) is 0 Å². The Morgan fingerprint density at radius 2 is 1.68 bits per heavy atom. The number of hydrogen-bond donors (Lipinski definition) is 3. The quantitative estimate of drug-likeness (QED) is 0.211. The molecule has 0 unspecified atom stereocenters. The molecule has 0 atom stereocenters. The maximum atomic E-state index is 12.0. The summed E-state index contributed by atoms with van der Waals surface area (Å²) in [5.41, 5.74) is 5.81. The van der Waals surface area contributed by atoms with Gasteiger partial charge >= 0.3 is 5.97 Å². The van der Waals surface area contributed by atoms with Crippen molar-refractivity contribution in [3.8, 4) is 17.2 Å². The average molecular weight is 488 g/mol. The molecule has 180 valence electrons. The standard InChI is InChI=1S/C23H25N3O7S/c1-4-32-22(29)16-7-9-17(10-8-16)33-14-21(28)25-26-23(34)24-20(27)12-6-15-5-11-18(30-2)19(13-15)31-3/h5-13H,4,14H2,1-3H3,(H,25,28)(H2,24,26,27,34). The molecular formula is C23H25N3O7S. The Hall–Kier alpha value is -4.12. The van der Waals surface area contributed by atoms with E-state index in [4.69, 9.17) is 31.2 Å². The van der Waals surface area contributed by atoms with Crippen LogP contribution < -0.4 is 30.4 Å². The lowest BCUT2D eigenvalue weighted by Crippen LogP contribution is -2.49. The van der Waals surface area contributed by atoms with Crippen molar-refractivity contribution in [2.75, 3.05) is 27.4 Å². The number of esters is 1. The van der Waals surface area contributed by atoms with Crippen LogP contribution in [0.5, 0.6) is 17.2 Å². The van der Waals surface area contributed by atoms with Gasteiger partial charge in [0.15, 0.2) is 23.2 Å². The lowest BCUT2D eigenvalue weighted by molar-refractivity contribution is -0.123. The molecular weight excluding hydrogens is 462 g/mol. The molecule has 0 bridgehead atoms. The molecule has 11 heteroatoms. The molecule has 0 aromatic heterocycles. The van der Waals surface area contributed by atoms with E-state index in [1.165, 1.54) is 32.4 Å². The van der Waals surface area contributed by atoms with E-state index in [9.17, 15) is 14.4 Å². The number of ether oxygens (including phenoxy) is 4. The summed E-state index contributed by atoms with van der Waals surface area (Å²) in [5, 5.41) is 2.29. The number of nitrogens with one attached hydrogen (secondary N) is 3. The highest BCUT2D eigenvalue weighted by Gasteiger charge is 2.08. The van der Waals surface area contributed by atoms with Crippen molar-refractivity contribution < 1.29 is 33.3 Å². The van der Waals surface area contributed by atoms with Crippen LogP contribution in [0.2, 0.25) is 0 Å². The predicted octanol–water partition coefficient (Wildman–Crippen LogP) is 1.99. The molecule has 0 spiro atoms. The number of carbonyl (C=O) groups is 3. The van der Waals surface area contributed by atoms with Gasteiger partial charge in [0.05, 0.1) is 26.4 Å². The summed E-state index contributed by atoms with van der Waals surface area (Å²) in [6, 6.07) is 11.3. The third-order valence-corrected chi connectivity index (χ3v) is 4.33. The Bertz CT molecular complexity index is 1060. The topological polar surface area (TPSA) is 124 Å². The fourth-order valence-corrected chi connectivity index (χ4v) is 2.68. The summed E-state index contributed by atoms with van der Waals surface area (Å²) in [6.07, 6.45) is 2.85. The van der Waals surface area contributed by atoms with Gasteiger partial charge in [-0.2, -0.15) is 0 Å². The van der Waals surface area contributed by atoms with Crippen molar-refractivity contribution in [2.24, 2.45) is 0 Å². The second kappa shape index (κ2) is 13.4. The van der Waals surface area contributed by atoms with Crippen molar-refractivity contribution in [1.29, 1.82) is 0 Å². The minimum absolute atomic E-state index is 0.103. The first-order valence-electron chi connectivity index (χ1n) is 10.1. The first kappa shape index (κ1) is 26.1. The van der Waals surface area contributed by atoms with Crippen LogP contribution in [-0.4, -0.2) is 50.3 Å². The van der Waals surface area contributed by atoms with Gasteiger partial charge in [-0.15, -0.1) is 0 Å². The summed E-state index contributed by atoms with van der Waals surface area (Å²) in [6.45, 7) is 1.68. The zero-order valence-electron chi connectivity index (χ0n) is 18.9. The van der Waals surface area contributed by atoms with E-state index < -0.39 is 17.8 Å². The summed E-state index contributed by atoms with van der Waals surface area (Å²) >= 11 is 4.98. The summed E-state index contributed by atoms with van der Waals surface area (Å²) in [5.74, 6) is 0.0147. The number of amides is 2. The molecule has 34 heavy (non-hydrogen) atoms. The van der Waals surface area contributed by atoms with Crippen LogP contribution in [0, 0.1) is 0 Å². The van der Waals surface area contributed by atoms with Gasteiger partial charge in [-0.25, -0.2) is 4.79 Å². The fraction of sp³-hybridized carbons (Fsp3) is 0.217. The molecule has 2 rings (SSSR count). The van der Waals surface area contributed by atoms with E-state index in [1.54, 1.807) is 43.3 Å². The first-order valence-corrected chi connectivity index (χ1v) is 10.5. The van der Waals surface area contributed by atoms with Gasteiger partial charge in [0.25, 0.3) is 5.91 Å². The highest BCUT2D eigenvalue weighted by molar-refractivity contribution is 7.80. The molecule has 0 saturated heterocycles. The third kappa shape index (κ3) is 8.43. The lowest BCUT2D eigenvalue weighted by Gasteiger charge is -2.11. The number of hydrazine groups is 1. The zero-order chi connectivity index (χ0) is 24.9. The minimum Gasteiger partial charge on any atom is -0.493 e. The first-order chi connectivity index (χ1) is 16.4. The Morgan fingerprint density at radius 1 is 0.971 bits per heavy atom. The van der Waals surface area contributed by atoms with E-state index in [2.05, 4.69) is 16.2 Å². The zero-order valence-corrected chi connectivity index (χ0v) is 19.7. The Labute approximate surface area is 202 Å². The highest BCUT2D eigenvalue weighted by Crippen LogP contribution is 2.27. The van der Waals surface area contributed by atoms with Gasteiger partial charge in [-0.1, -0.05) is 6.07 Å². The molecule has 0 fully saturated rings. The van der Waals surface area contributed by atoms with Crippen LogP contribution in [-0.2, 0) is 14.3 Å². The predicted molar refractivity (Wildman–Crippen MR) is 128 cm³/mol. The summed E-state index contributed by atoms with van der Waals surface area (Å²) in [7, 11) is 3.05. The van der Waals surface area contributed by atoms with E-state index in [-0.39, 0.29) is 18.3 Å². The van der Waals surface area contributed by atoms with Crippen LogP contribution in [0.25, 0.3) is 6.08 Å². The van der Waals surface area contributed by atoms with Gasteiger partial charge in [0.1, 0.15) is 5.75 Å². The lowest BCUT2D eigenvalue weighted by atomic mass is 10.2. The number of rotatable bonds is 9. The Morgan fingerprint density at radius 3 is 2.32 bits per heavy atom. The molecule has 2 aromatic carbocycles. The van der Waals surface area contributed by atoms with Gasteiger partial charge in [0.2, 0.25) is 5.91 Å². The Balaban J connectivity index is 1.73. The van der Waals surface area contributed by atoms with Crippen molar-refractivity contribution in [2.45, 2.75) is 6.92 Å². The van der Waals surface area contributed by atoms with Crippen LogP contribution in [0.3, 0.4) is 0 Å².